The maximum atomic E-state index is 13.0. The summed E-state index contributed by atoms with van der Waals surface area (Å²) >= 11 is 0. The maximum absolute atomic E-state index is 13.0. The van der Waals surface area contributed by atoms with Crippen molar-refractivity contribution in [1.82, 2.24) is 30.2 Å². The molecule has 0 unspecified atom stereocenters. The van der Waals surface area contributed by atoms with E-state index in [0.29, 0.717) is 23.5 Å². The third-order valence-corrected chi connectivity index (χ3v) is 7.61. The van der Waals surface area contributed by atoms with Crippen LogP contribution in [0.25, 0.3) is 11.2 Å². The molecular weight excluding hydrogens is 536 g/mol. The van der Waals surface area contributed by atoms with Crippen molar-refractivity contribution in [3.8, 4) is 0 Å². The number of benzene rings is 2. The number of carbonyl (C=O) groups excluding carboxylic acids is 2. The van der Waals surface area contributed by atoms with Crippen LogP contribution < -0.4 is 21.7 Å². The van der Waals surface area contributed by atoms with Crippen LogP contribution in [0.15, 0.2) is 67.0 Å². The molecule has 2 aromatic carbocycles. The lowest BCUT2D eigenvalue weighted by Crippen LogP contribution is -2.42. The van der Waals surface area contributed by atoms with Gasteiger partial charge in [-0.15, -0.1) is 0 Å². The molecule has 0 saturated heterocycles. The van der Waals surface area contributed by atoms with Gasteiger partial charge in [0.25, 0.3) is 5.91 Å². The van der Waals surface area contributed by atoms with Crippen molar-refractivity contribution in [3.05, 3.63) is 83.9 Å². The quantitative estimate of drug-likeness (QED) is 0.154. The molecule has 42 heavy (non-hydrogen) atoms. The van der Waals surface area contributed by atoms with Crippen LogP contribution in [-0.2, 0) is 4.79 Å². The fourth-order valence-corrected chi connectivity index (χ4v) is 5.38. The molecule has 1 aliphatic carbocycles. The van der Waals surface area contributed by atoms with Crippen molar-refractivity contribution in [1.29, 1.82) is 0 Å². The SMILES string of the molecule is CCC(=O)N[C@H]1C[C@@H](n2cnc3c(NCC(c4ccccc4)c4ccccc4)nc(C(=O)NCCN)nc32)[C@H](O)[C@@H]1O. The van der Waals surface area contributed by atoms with Gasteiger partial charge in [0.1, 0.15) is 17.7 Å². The molecule has 0 bridgehead atoms. The Morgan fingerprint density at radius 2 is 1.69 bits per heavy atom. The van der Waals surface area contributed by atoms with E-state index >= 15 is 0 Å². The molecule has 2 aromatic heterocycles. The van der Waals surface area contributed by atoms with Gasteiger partial charge >= 0.3 is 0 Å². The summed E-state index contributed by atoms with van der Waals surface area (Å²) < 4.78 is 1.64. The first-order chi connectivity index (χ1) is 20.4. The van der Waals surface area contributed by atoms with E-state index in [1.165, 1.54) is 6.33 Å². The second-order valence-electron chi connectivity index (χ2n) is 10.3. The number of aliphatic hydroxyl groups excluding tert-OH is 2. The minimum Gasteiger partial charge on any atom is -0.388 e. The smallest absolute Gasteiger partial charge is 0.289 e. The van der Waals surface area contributed by atoms with Gasteiger partial charge in [-0.05, 0) is 17.5 Å². The summed E-state index contributed by atoms with van der Waals surface area (Å²) in [5.74, 6) is -0.469. The largest absolute Gasteiger partial charge is 0.388 e. The van der Waals surface area contributed by atoms with Crippen molar-refractivity contribution in [2.45, 2.75) is 50.0 Å². The molecule has 12 heteroatoms. The van der Waals surface area contributed by atoms with Gasteiger partial charge in [0.15, 0.2) is 11.5 Å². The van der Waals surface area contributed by atoms with Gasteiger partial charge in [0.2, 0.25) is 11.7 Å². The van der Waals surface area contributed by atoms with Gasteiger partial charge < -0.3 is 36.5 Å². The van der Waals surface area contributed by atoms with E-state index in [1.807, 2.05) is 36.4 Å². The number of aliphatic hydroxyl groups is 2. The normalized spacial score (nSPS) is 20.1. The van der Waals surface area contributed by atoms with Crippen molar-refractivity contribution in [2.75, 3.05) is 25.0 Å². The number of nitrogens with one attached hydrogen (secondary N) is 3. The number of fused-ring (bicyclic) bond motifs is 1. The van der Waals surface area contributed by atoms with Gasteiger partial charge in [-0.25, -0.2) is 15.0 Å². The molecule has 2 heterocycles. The topological polar surface area (TPSA) is 180 Å². The highest BCUT2D eigenvalue weighted by molar-refractivity contribution is 5.94. The van der Waals surface area contributed by atoms with Crippen LogP contribution in [0, 0.1) is 0 Å². The molecule has 1 fully saturated rings. The average molecular weight is 573 g/mol. The van der Waals surface area contributed by atoms with Crippen LogP contribution >= 0.6 is 0 Å². The molecular formula is C30H36N8O4. The number of aromatic nitrogens is 4. The van der Waals surface area contributed by atoms with Crippen molar-refractivity contribution in [2.24, 2.45) is 5.73 Å². The van der Waals surface area contributed by atoms with E-state index in [1.54, 1.807) is 11.5 Å². The summed E-state index contributed by atoms with van der Waals surface area (Å²) in [6, 6.07) is 18.9. The Labute approximate surface area is 243 Å². The summed E-state index contributed by atoms with van der Waals surface area (Å²) in [6.07, 6.45) is -0.333. The lowest BCUT2D eigenvalue weighted by Gasteiger charge is -2.20. The zero-order valence-electron chi connectivity index (χ0n) is 23.4. The first-order valence-electron chi connectivity index (χ1n) is 14.1. The van der Waals surface area contributed by atoms with Crippen LogP contribution in [0.3, 0.4) is 0 Å². The lowest BCUT2D eigenvalue weighted by atomic mass is 9.91. The molecule has 5 rings (SSSR count). The number of carbonyl (C=O) groups is 2. The van der Waals surface area contributed by atoms with Crippen LogP contribution in [-0.4, -0.2) is 79.4 Å². The number of imidazole rings is 1. The van der Waals surface area contributed by atoms with Crippen molar-refractivity contribution < 1.29 is 19.8 Å². The fourth-order valence-electron chi connectivity index (χ4n) is 5.38. The zero-order chi connectivity index (χ0) is 29.6. The summed E-state index contributed by atoms with van der Waals surface area (Å²) in [5, 5.41) is 30.5. The van der Waals surface area contributed by atoms with Gasteiger partial charge in [0.05, 0.1) is 18.4 Å². The predicted molar refractivity (Wildman–Crippen MR) is 158 cm³/mol. The molecule has 0 radical (unpaired) electrons. The highest BCUT2D eigenvalue weighted by Gasteiger charge is 2.43. The molecule has 4 atom stereocenters. The monoisotopic (exact) mass is 572 g/mol. The molecule has 1 saturated carbocycles. The Morgan fingerprint density at radius 1 is 1.02 bits per heavy atom. The van der Waals surface area contributed by atoms with Gasteiger partial charge in [-0.3, -0.25) is 9.59 Å². The Hall–Kier alpha value is -4.39. The van der Waals surface area contributed by atoms with Gasteiger partial charge in [0, 0.05) is 32.0 Å². The summed E-state index contributed by atoms with van der Waals surface area (Å²) in [7, 11) is 0. The summed E-state index contributed by atoms with van der Waals surface area (Å²) in [6.45, 7) is 2.67. The number of hydrogen-bond acceptors (Lipinski definition) is 9. The highest BCUT2D eigenvalue weighted by Crippen LogP contribution is 2.34. The second kappa shape index (κ2) is 13.1. The molecule has 1 aliphatic rings. The number of amides is 2. The third kappa shape index (κ3) is 6.10. The van der Waals surface area contributed by atoms with Crippen LogP contribution in [0.4, 0.5) is 5.82 Å². The van der Waals surface area contributed by atoms with E-state index in [4.69, 9.17) is 5.73 Å². The van der Waals surface area contributed by atoms with Crippen LogP contribution in [0.2, 0.25) is 0 Å². The van der Waals surface area contributed by atoms with E-state index in [9.17, 15) is 19.8 Å². The van der Waals surface area contributed by atoms with Gasteiger partial charge in [-0.2, -0.15) is 0 Å². The maximum Gasteiger partial charge on any atom is 0.289 e. The van der Waals surface area contributed by atoms with E-state index in [2.05, 4.69) is 55.2 Å². The van der Waals surface area contributed by atoms with Gasteiger partial charge in [-0.1, -0.05) is 67.6 Å². The number of hydrogen-bond donors (Lipinski definition) is 6. The van der Waals surface area contributed by atoms with Crippen molar-refractivity contribution in [3.63, 3.8) is 0 Å². The summed E-state index contributed by atoms with van der Waals surface area (Å²) in [5.41, 5.74) is 8.52. The fraction of sp³-hybridized carbons (Fsp3) is 0.367. The lowest BCUT2D eigenvalue weighted by molar-refractivity contribution is -0.122. The molecule has 0 spiro atoms. The first kappa shape index (κ1) is 29.1. The Balaban J connectivity index is 1.51. The third-order valence-electron chi connectivity index (χ3n) is 7.61. The zero-order valence-corrected chi connectivity index (χ0v) is 23.4. The average Bonchev–Trinajstić information content (AvgIpc) is 3.57. The molecule has 7 N–H and O–H groups in total. The van der Waals surface area contributed by atoms with Crippen LogP contribution in [0.5, 0.6) is 0 Å². The molecule has 0 aliphatic heterocycles. The summed E-state index contributed by atoms with van der Waals surface area (Å²) in [4.78, 5) is 38.6. The molecule has 4 aromatic rings. The Kier molecular flexibility index (Phi) is 9.06. The minimum absolute atomic E-state index is 0.0243. The first-order valence-corrected chi connectivity index (χ1v) is 14.1. The van der Waals surface area contributed by atoms with E-state index in [-0.39, 0.29) is 43.6 Å². The number of rotatable bonds is 11. The van der Waals surface area contributed by atoms with E-state index in [0.717, 1.165) is 11.1 Å². The molecule has 12 nitrogen and oxygen atoms in total. The number of nitrogens with zero attached hydrogens (tertiary/aromatic N) is 4. The molecule has 2 amide bonds. The standard InChI is InChI=1S/C30H36N8O4/c1-2-23(39)35-21-15-22(26(41)25(21)40)38-17-34-24-27(36-28(37-29(24)38)30(42)32-14-13-31)33-16-20(18-9-5-3-6-10-18)19-11-7-4-8-12-19/h3-12,17,20-22,25-26,40-41H,2,13-16,31H2,1H3,(H,32,42)(H,35,39)(H,33,36,37)/t21-,22+,25+,26-/m0/s1. The Morgan fingerprint density at radius 3 is 2.31 bits per heavy atom. The van der Waals surface area contributed by atoms with E-state index < -0.39 is 30.2 Å². The number of anilines is 1. The number of nitrogens with two attached hydrogens (primary N) is 1. The Bertz CT molecular complexity index is 1470. The van der Waals surface area contributed by atoms with Crippen molar-refractivity contribution >= 4 is 28.8 Å². The van der Waals surface area contributed by atoms with Crippen LogP contribution in [0.1, 0.15) is 53.5 Å². The highest BCUT2D eigenvalue weighted by atomic mass is 16.3. The molecule has 220 valence electrons. The minimum atomic E-state index is -1.19. The predicted octanol–water partition coefficient (Wildman–Crippen LogP) is 1.32. The second-order valence-corrected chi connectivity index (χ2v) is 10.3.